The summed E-state index contributed by atoms with van der Waals surface area (Å²) in [6.07, 6.45) is 3.46. The molecular formula is C23H30N2O2. The molecule has 1 amide bonds. The molecule has 1 N–H and O–H groups in total. The molecule has 1 unspecified atom stereocenters. The first kappa shape index (κ1) is 19.4. The van der Waals surface area contributed by atoms with Crippen molar-refractivity contribution in [3.05, 3.63) is 65.2 Å². The van der Waals surface area contributed by atoms with E-state index in [1.807, 2.05) is 31.2 Å². The predicted octanol–water partition coefficient (Wildman–Crippen LogP) is 4.06. The van der Waals surface area contributed by atoms with E-state index in [1.54, 1.807) is 6.92 Å². The Morgan fingerprint density at radius 3 is 2.48 bits per heavy atom. The standard InChI is InChI=1S/C23H30N2O2/c1-18-7-6-8-22(15-18)27-19(2)23(26)24-16-20-9-11-21(12-10-20)17-25-13-4-3-5-14-25/h6-12,15,19H,3-5,13-14,16-17H2,1-2H3,(H,24,26). The zero-order valence-electron chi connectivity index (χ0n) is 16.4. The molecular weight excluding hydrogens is 336 g/mol. The number of aryl methyl sites for hydroxylation is 1. The van der Waals surface area contributed by atoms with Crippen molar-refractivity contribution in [1.29, 1.82) is 0 Å². The Kier molecular flexibility index (Phi) is 6.88. The Balaban J connectivity index is 1.45. The summed E-state index contributed by atoms with van der Waals surface area (Å²) in [5.41, 5.74) is 3.56. The monoisotopic (exact) mass is 366 g/mol. The highest BCUT2D eigenvalue weighted by molar-refractivity contribution is 5.80. The van der Waals surface area contributed by atoms with Gasteiger partial charge in [-0.2, -0.15) is 0 Å². The van der Waals surface area contributed by atoms with E-state index in [4.69, 9.17) is 4.74 Å². The lowest BCUT2D eigenvalue weighted by atomic mass is 10.1. The lowest BCUT2D eigenvalue weighted by molar-refractivity contribution is -0.127. The minimum absolute atomic E-state index is 0.103. The smallest absolute Gasteiger partial charge is 0.261 e. The third kappa shape index (κ3) is 6.10. The average Bonchev–Trinajstić information content (AvgIpc) is 2.68. The van der Waals surface area contributed by atoms with E-state index in [2.05, 4.69) is 34.5 Å². The number of benzene rings is 2. The Bertz CT molecular complexity index is 736. The third-order valence-electron chi connectivity index (χ3n) is 5.02. The number of nitrogens with zero attached hydrogens (tertiary/aromatic N) is 1. The highest BCUT2D eigenvalue weighted by Crippen LogP contribution is 2.15. The number of likely N-dealkylation sites (tertiary alicyclic amines) is 1. The molecule has 4 nitrogen and oxygen atoms in total. The molecule has 1 fully saturated rings. The molecule has 0 saturated carbocycles. The van der Waals surface area contributed by atoms with Crippen LogP contribution in [0.3, 0.4) is 0 Å². The fourth-order valence-corrected chi connectivity index (χ4v) is 3.42. The minimum atomic E-state index is -0.523. The van der Waals surface area contributed by atoms with E-state index in [1.165, 1.54) is 37.9 Å². The van der Waals surface area contributed by atoms with Gasteiger partial charge in [0.2, 0.25) is 0 Å². The molecule has 1 atom stereocenters. The molecule has 0 spiro atoms. The molecule has 0 aromatic heterocycles. The first-order chi connectivity index (χ1) is 13.1. The van der Waals surface area contributed by atoms with Crippen LogP contribution in [0.2, 0.25) is 0 Å². The van der Waals surface area contributed by atoms with Crippen LogP contribution in [-0.4, -0.2) is 30.0 Å². The van der Waals surface area contributed by atoms with Gasteiger partial charge in [-0.15, -0.1) is 0 Å². The van der Waals surface area contributed by atoms with Gasteiger partial charge in [0.05, 0.1) is 0 Å². The number of piperidine rings is 1. The maximum atomic E-state index is 12.3. The van der Waals surface area contributed by atoms with Crippen molar-refractivity contribution < 1.29 is 9.53 Å². The number of nitrogens with one attached hydrogen (secondary N) is 1. The highest BCUT2D eigenvalue weighted by Gasteiger charge is 2.14. The molecule has 1 aliphatic rings. The van der Waals surface area contributed by atoms with Gasteiger partial charge in [-0.05, 0) is 68.6 Å². The summed E-state index contributed by atoms with van der Waals surface area (Å²) in [4.78, 5) is 14.8. The van der Waals surface area contributed by atoms with Crippen LogP contribution < -0.4 is 10.1 Å². The van der Waals surface area contributed by atoms with Crippen molar-refractivity contribution >= 4 is 5.91 Å². The summed E-state index contributed by atoms with van der Waals surface area (Å²) in [5.74, 6) is 0.619. The van der Waals surface area contributed by atoms with E-state index < -0.39 is 6.10 Å². The summed E-state index contributed by atoms with van der Waals surface area (Å²) in [7, 11) is 0. The molecule has 144 valence electrons. The number of rotatable bonds is 7. The molecule has 2 aromatic rings. The van der Waals surface area contributed by atoms with Gasteiger partial charge >= 0.3 is 0 Å². The summed E-state index contributed by atoms with van der Waals surface area (Å²) in [6.45, 7) is 7.73. The first-order valence-corrected chi connectivity index (χ1v) is 9.91. The minimum Gasteiger partial charge on any atom is -0.481 e. The molecule has 27 heavy (non-hydrogen) atoms. The molecule has 1 saturated heterocycles. The van der Waals surface area contributed by atoms with Crippen LogP contribution >= 0.6 is 0 Å². The van der Waals surface area contributed by atoms with Gasteiger partial charge in [-0.3, -0.25) is 9.69 Å². The lowest BCUT2D eigenvalue weighted by Crippen LogP contribution is -2.35. The van der Waals surface area contributed by atoms with Crippen molar-refractivity contribution in [2.24, 2.45) is 0 Å². The number of carbonyl (C=O) groups is 1. The third-order valence-corrected chi connectivity index (χ3v) is 5.02. The second-order valence-electron chi connectivity index (χ2n) is 7.45. The van der Waals surface area contributed by atoms with Gasteiger partial charge in [-0.1, -0.05) is 42.8 Å². The molecule has 2 aromatic carbocycles. The van der Waals surface area contributed by atoms with Crippen molar-refractivity contribution in [3.8, 4) is 5.75 Å². The fraction of sp³-hybridized carbons (Fsp3) is 0.435. The van der Waals surface area contributed by atoms with E-state index in [0.29, 0.717) is 6.54 Å². The number of amides is 1. The Morgan fingerprint density at radius 2 is 1.78 bits per heavy atom. The zero-order valence-corrected chi connectivity index (χ0v) is 16.4. The van der Waals surface area contributed by atoms with Gasteiger partial charge in [0.25, 0.3) is 5.91 Å². The average molecular weight is 367 g/mol. The van der Waals surface area contributed by atoms with Gasteiger partial charge < -0.3 is 10.1 Å². The molecule has 1 aliphatic heterocycles. The molecule has 0 aliphatic carbocycles. The summed E-state index contributed by atoms with van der Waals surface area (Å²) in [6, 6.07) is 16.3. The summed E-state index contributed by atoms with van der Waals surface area (Å²) >= 11 is 0. The van der Waals surface area contributed by atoms with Gasteiger partial charge in [-0.25, -0.2) is 0 Å². The molecule has 1 heterocycles. The zero-order chi connectivity index (χ0) is 19.1. The predicted molar refractivity (Wildman–Crippen MR) is 109 cm³/mol. The van der Waals surface area contributed by atoms with Crippen LogP contribution in [0.5, 0.6) is 5.75 Å². The number of hydrogen-bond donors (Lipinski definition) is 1. The second-order valence-corrected chi connectivity index (χ2v) is 7.45. The largest absolute Gasteiger partial charge is 0.481 e. The van der Waals surface area contributed by atoms with Crippen molar-refractivity contribution in [2.45, 2.75) is 52.3 Å². The van der Waals surface area contributed by atoms with Crippen LogP contribution in [0.25, 0.3) is 0 Å². The second kappa shape index (κ2) is 9.56. The maximum Gasteiger partial charge on any atom is 0.261 e. The van der Waals surface area contributed by atoms with E-state index in [0.717, 1.165) is 23.4 Å². The Labute approximate surface area is 162 Å². The molecule has 0 radical (unpaired) electrons. The first-order valence-electron chi connectivity index (χ1n) is 9.91. The van der Waals surface area contributed by atoms with E-state index >= 15 is 0 Å². The van der Waals surface area contributed by atoms with Crippen LogP contribution in [0.1, 0.15) is 42.9 Å². The van der Waals surface area contributed by atoms with Crippen molar-refractivity contribution in [3.63, 3.8) is 0 Å². The Morgan fingerprint density at radius 1 is 1.07 bits per heavy atom. The number of hydrogen-bond acceptors (Lipinski definition) is 3. The normalized spacial score (nSPS) is 15.9. The quantitative estimate of drug-likeness (QED) is 0.803. The topological polar surface area (TPSA) is 41.6 Å². The van der Waals surface area contributed by atoms with Crippen LogP contribution in [-0.2, 0) is 17.9 Å². The number of ether oxygens (including phenoxy) is 1. The summed E-state index contributed by atoms with van der Waals surface area (Å²) in [5, 5.41) is 2.96. The number of carbonyl (C=O) groups excluding carboxylic acids is 1. The van der Waals surface area contributed by atoms with Crippen LogP contribution in [0.4, 0.5) is 0 Å². The molecule has 3 rings (SSSR count). The summed E-state index contributed by atoms with van der Waals surface area (Å²) < 4.78 is 5.73. The van der Waals surface area contributed by atoms with Gasteiger partial charge in [0.15, 0.2) is 6.10 Å². The SMILES string of the molecule is Cc1cccc(OC(C)C(=O)NCc2ccc(CN3CCCCC3)cc2)c1. The van der Waals surface area contributed by atoms with E-state index in [-0.39, 0.29) is 5.91 Å². The van der Waals surface area contributed by atoms with Gasteiger partial charge in [0.1, 0.15) is 5.75 Å². The Hall–Kier alpha value is -2.33. The van der Waals surface area contributed by atoms with Crippen LogP contribution in [0.15, 0.2) is 48.5 Å². The molecule has 0 bridgehead atoms. The van der Waals surface area contributed by atoms with E-state index in [9.17, 15) is 4.79 Å². The lowest BCUT2D eigenvalue weighted by Gasteiger charge is -2.26. The van der Waals surface area contributed by atoms with Crippen molar-refractivity contribution in [2.75, 3.05) is 13.1 Å². The van der Waals surface area contributed by atoms with Crippen LogP contribution in [0, 0.1) is 6.92 Å². The van der Waals surface area contributed by atoms with Crippen molar-refractivity contribution in [1.82, 2.24) is 10.2 Å². The van der Waals surface area contributed by atoms with Gasteiger partial charge in [0, 0.05) is 13.1 Å². The highest BCUT2D eigenvalue weighted by atomic mass is 16.5. The molecule has 4 heteroatoms. The maximum absolute atomic E-state index is 12.3. The fourth-order valence-electron chi connectivity index (χ4n) is 3.42.